The van der Waals surface area contributed by atoms with Crippen LogP contribution in [0.3, 0.4) is 0 Å². The molecule has 3 rings (SSSR count). The summed E-state index contributed by atoms with van der Waals surface area (Å²) in [6.45, 7) is 16.1. The first kappa shape index (κ1) is 40.3. The molecule has 0 fully saturated rings. The summed E-state index contributed by atoms with van der Waals surface area (Å²) < 4.78 is 0. The number of nitrogens with zero attached hydrogens (tertiary/aromatic N) is 1. The second-order valence-electron chi connectivity index (χ2n) is 13.5. The minimum atomic E-state index is 0.403. The predicted octanol–water partition coefficient (Wildman–Crippen LogP) is 12.6. The number of hydrogen-bond donors (Lipinski definition) is 0. The van der Waals surface area contributed by atoms with Crippen LogP contribution >= 0.6 is 0 Å². The molecule has 1 aliphatic carbocycles. The first-order valence-corrected chi connectivity index (χ1v) is 18.2. The number of aryl methyl sites for hydroxylation is 2. The van der Waals surface area contributed by atoms with Crippen molar-refractivity contribution in [2.45, 2.75) is 137 Å². The molecule has 0 amide bonds. The number of unbranched alkanes of at least 4 members (excludes halogenated alkanes) is 1. The van der Waals surface area contributed by atoms with E-state index < -0.39 is 0 Å². The molecule has 0 aliphatic heterocycles. The highest BCUT2D eigenvalue weighted by atomic mass is 16.1. The minimum Gasteiger partial charge on any atom is -0.307 e. The highest BCUT2D eigenvalue weighted by Crippen LogP contribution is 2.31. The van der Waals surface area contributed by atoms with E-state index in [1.54, 1.807) is 5.57 Å². The van der Waals surface area contributed by atoms with Crippen molar-refractivity contribution in [1.82, 2.24) is 0 Å². The van der Waals surface area contributed by atoms with E-state index in [9.17, 15) is 0 Å². The lowest BCUT2D eigenvalue weighted by Crippen LogP contribution is -2.09. The van der Waals surface area contributed by atoms with Gasteiger partial charge in [-0.15, -0.1) is 0 Å². The quantitative estimate of drug-likeness (QED) is 0.121. The summed E-state index contributed by atoms with van der Waals surface area (Å²) in [6.07, 6.45) is 27.9. The van der Waals surface area contributed by atoms with Crippen LogP contribution in [0.5, 0.6) is 0 Å². The second-order valence-corrected chi connectivity index (χ2v) is 13.5. The minimum absolute atomic E-state index is 0.403. The van der Waals surface area contributed by atoms with Crippen LogP contribution in [0, 0.1) is 17.8 Å². The van der Waals surface area contributed by atoms with Gasteiger partial charge < -0.3 is 4.79 Å². The zero-order chi connectivity index (χ0) is 33.1. The molecule has 0 aromatic heterocycles. The molecule has 1 aliphatic rings. The van der Waals surface area contributed by atoms with E-state index in [1.165, 1.54) is 107 Å². The molecular formula is C43H67NO. The van der Waals surface area contributed by atoms with Crippen molar-refractivity contribution in [2.24, 2.45) is 22.7 Å². The van der Waals surface area contributed by atoms with Crippen LogP contribution in [0.1, 0.15) is 141 Å². The van der Waals surface area contributed by atoms with Crippen molar-refractivity contribution in [2.75, 3.05) is 6.54 Å². The van der Waals surface area contributed by atoms with Crippen molar-refractivity contribution in [3.05, 3.63) is 95.1 Å². The fourth-order valence-electron chi connectivity index (χ4n) is 6.15. The Morgan fingerprint density at radius 2 is 1.42 bits per heavy atom. The van der Waals surface area contributed by atoms with Crippen LogP contribution in [0.25, 0.3) is 0 Å². The van der Waals surface area contributed by atoms with Gasteiger partial charge in [-0.1, -0.05) is 133 Å². The molecule has 250 valence electrons. The Kier molecular flexibility index (Phi) is 23.7. The normalized spacial score (nSPS) is 14.9. The predicted molar refractivity (Wildman–Crippen MR) is 201 cm³/mol. The first-order valence-electron chi connectivity index (χ1n) is 18.2. The summed E-state index contributed by atoms with van der Waals surface area (Å²) in [4.78, 5) is 12.4. The van der Waals surface area contributed by atoms with E-state index in [2.05, 4.69) is 126 Å². The third kappa shape index (κ3) is 19.4. The number of carbonyl (C=O) groups excluding carboxylic acids is 1. The van der Waals surface area contributed by atoms with Crippen molar-refractivity contribution in [3.8, 4) is 0 Å². The third-order valence-electron chi connectivity index (χ3n) is 8.56. The molecule has 2 aromatic carbocycles. The van der Waals surface area contributed by atoms with Crippen LogP contribution < -0.4 is 0 Å². The van der Waals surface area contributed by atoms with E-state index in [0.29, 0.717) is 5.92 Å². The van der Waals surface area contributed by atoms with Gasteiger partial charge in [0.2, 0.25) is 0 Å². The molecule has 0 saturated heterocycles. The van der Waals surface area contributed by atoms with Crippen molar-refractivity contribution in [1.29, 1.82) is 0 Å². The van der Waals surface area contributed by atoms with Crippen molar-refractivity contribution < 1.29 is 4.79 Å². The van der Waals surface area contributed by atoms with Gasteiger partial charge in [0.05, 0.1) is 0 Å². The Morgan fingerprint density at radius 3 is 2.09 bits per heavy atom. The zero-order valence-corrected chi connectivity index (χ0v) is 30.0. The van der Waals surface area contributed by atoms with Crippen LogP contribution in [-0.4, -0.2) is 19.5 Å². The van der Waals surface area contributed by atoms with E-state index in [1.807, 2.05) is 6.79 Å². The number of carbonyl (C=O) groups is 1. The van der Waals surface area contributed by atoms with Crippen LogP contribution in [0.2, 0.25) is 0 Å². The van der Waals surface area contributed by atoms with Crippen LogP contribution in [0.15, 0.2) is 83.4 Å². The summed E-state index contributed by atoms with van der Waals surface area (Å²) in [6, 6.07) is 20.3. The molecule has 0 heterocycles. The van der Waals surface area contributed by atoms with E-state index in [-0.39, 0.29) is 0 Å². The molecule has 3 unspecified atom stereocenters. The number of rotatable bonds is 18. The molecule has 3 atom stereocenters. The Bertz CT molecular complexity index is 1050. The van der Waals surface area contributed by atoms with Crippen LogP contribution in [-0.2, 0) is 17.6 Å². The zero-order valence-electron chi connectivity index (χ0n) is 30.0. The first-order chi connectivity index (χ1) is 21.9. The maximum absolute atomic E-state index is 8.00. The van der Waals surface area contributed by atoms with Gasteiger partial charge in [-0.2, -0.15) is 0 Å². The summed E-state index contributed by atoms with van der Waals surface area (Å²) >= 11 is 0. The number of hydrogen-bond acceptors (Lipinski definition) is 2. The molecule has 0 saturated carbocycles. The largest absolute Gasteiger partial charge is 0.307 e. The highest BCUT2D eigenvalue weighted by Gasteiger charge is 2.17. The monoisotopic (exact) mass is 614 g/mol. The maximum Gasteiger partial charge on any atom is 0.106 e. The SMILES string of the molecule is C=O.CC(C)C.CCCC(CCCCc1ccc(C(C)C=NCC)cc1)CCC(CCCc1ccccc1)C1=CCCCC=C1. The summed E-state index contributed by atoms with van der Waals surface area (Å²) in [5.74, 6) is 2.84. The molecule has 0 spiro atoms. The van der Waals surface area contributed by atoms with Crippen LogP contribution in [0.4, 0.5) is 0 Å². The Morgan fingerprint density at radius 1 is 0.756 bits per heavy atom. The summed E-state index contributed by atoms with van der Waals surface area (Å²) in [7, 11) is 0. The number of allylic oxidation sites excluding steroid dienone is 4. The van der Waals surface area contributed by atoms with Gasteiger partial charge >= 0.3 is 0 Å². The van der Waals surface area contributed by atoms with E-state index in [4.69, 9.17) is 4.79 Å². The average Bonchev–Trinajstić information content (AvgIpc) is 3.34. The Balaban J connectivity index is 0.00000156. The van der Waals surface area contributed by atoms with E-state index >= 15 is 0 Å². The summed E-state index contributed by atoms with van der Waals surface area (Å²) in [5.41, 5.74) is 5.97. The lowest BCUT2D eigenvalue weighted by Gasteiger charge is -2.23. The van der Waals surface area contributed by atoms with E-state index in [0.717, 1.165) is 24.3 Å². The summed E-state index contributed by atoms with van der Waals surface area (Å²) in [5, 5.41) is 0. The van der Waals surface area contributed by atoms with Gasteiger partial charge in [0.25, 0.3) is 0 Å². The molecule has 0 bridgehead atoms. The van der Waals surface area contributed by atoms with Gasteiger partial charge in [-0.05, 0) is 111 Å². The molecule has 2 aromatic rings. The lowest BCUT2D eigenvalue weighted by atomic mass is 9.83. The Labute approximate surface area is 278 Å². The third-order valence-corrected chi connectivity index (χ3v) is 8.56. The molecule has 0 radical (unpaired) electrons. The lowest BCUT2D eigenvalue weighted by molar-refractivity contribution is -0.0980. The highest BCUT2D eigenvalue weighted by molar-refractivity contribution is 5.67. The molecular weight excluding hydrogens is 546 g/mol. The molecule has 2 heteroatoms. The number of benzene rings is 2. The molecule has 45 heavy (non-hydrogen) atoms. The fourth-order valence-corrected chi connectivity index (χ4v) is 6.15. The smallest absolute Gasteiger partial charge is 0.106 e. The van der Waals surface area contributed by atoms with Gasteiger partial charge in [0, 0.05) is 18.7 Å². The van der Waals surface area contributed by atoms with Gasteiger partial charge in [0.1, 0.15) is 6.79 Å². The van der Waals surface area contributed by atoms with Gasteiger partial charge in [-0.3, -0.25) is 4.99 Å². The van der Waals surface area contributed by atoms with Gasteiger partial charge in [-0.25, -0.2) is 0 Å². The van der Waals surface area contributed by atoms with Gasteiger partial charge in [0.15, 0.2) is 0 Å². The standard InChI is InChI=1S/C38H55N.C4H10.CH2O/c1-4-16-33(19-13-14-20-35-25-28-36(29-26-35)32(3)31-39-5-2)27-30-38(37-22-11-6-7-12-23-37)24-15-21-34-17-9-8-10-18-34;1-4(2)3;1-2/h8-11,17-18,22-23,25-26,28-29,31-33,38H,4-7,12-16,19-21,24,27,30H2,1-3H3;4H,1-3H3;1H2. The fraction of sp³-hybridized carbons (Fsp3) is 0.581. The Hall–Kier alpha value is -2.74. The molecule has 2 nitrogen and oxygen atoms in total. The topological polar surface area (TPSA) is 29.4 Å². The van der Waals surface area contributed by atoms with Crippen molar-refractivity contribution in [3.63, 3.8) is 0 Å². The molecule has 0 N–H and O–H groups in total. The second kappa shape index (κ2) is 26.5. The van der Waals surface area contributed by atoms with Crippen molar-refractivity contribution >= 4 is 13.0 Å². The average molecular weight is 614 g/mol. The number of aliphatic imine (C=N–C) groups is 1. The maximum atomic E-state index is 8.00.